The van der Waals surface area contributed by atoms with Crippen molar-refractivity contribution in [2.45, 2.75) is 18.7 Å². The number of rotatable bonds is 6. The van der Waals surface area contributed by atoms with Gasteiger partial charge >= 0.3 is 5.97 Å². The summed E-state index contributed by atoms with van der Waals surface area (Å²) in [5.74, 6) is 0.341. The third-order valence-electron chi connectivity index (χ3n) is 6.24. The minimum atomic E-state index is -1.17. The average Bonchev–Trinajstić information content (AvgIpc) is 3.32. The number of carbonyl (C=O) groups is 1. The lowest BCUT2D eigenvalue weighted by molar-refractivity contribution is -0.0217. The van der Waals surface area contributed by atoms with Gasteiger partial charge in [0.05, 0.1) is 33.1 Å². The first-order valence-electron chi connectivity index (χ1n) is 10.9. The van der Waals surface area contributed by atoms with Gasteiger partial charge in [0.1, 0.15) is 5.56 Å². The second-order valence-electron chi connectivity index (χ2n) is 8.05. The van der Waals surface area contributed by atoms with Crippen LogP contribution >= 0.6 is 11.6 Å². The molecule has 3 aromatic rings. The molecule has 0 radical (unpaired) electrons. The van der Waals surface area contributed by atoms with Gasteiger partial charge in [-0.05, 0) is 24.3 Å². The first-order valence-corrected chi connectivity index (χ1v) is 11.3. The highest BCUT2D eigenvalue weighted by Crippen LogP contribution is 2.52. The third-order valence-corrected chi connectivity index (χ3v) is 6.57. The second kappa shape index (κ2) is 9.03. The number of ether oxygens (including phenoxy) is 4. The lowest BCUT2D eigenvalue weighted by Gasteiger charge is -2.39. The van der Waals surface area contributed by atoms with Gasteiger partial charge in [-0.2, -0.15) is 5.10 Å². The van der Waals surface area contributed by atoms with Gasteiger partial charge in [-0.25, -0.2) is 9.80 Å². The SMILES string of the molecule is COc1cccc2c1O[C@H](c1ccc(OC)c(OC)c1C(=O)O)N1N=C(c3ccccc3Cl)C[C@@H]21. The number of carboxylic acids is 1. The van der Waals surface area contributed by atoms with Crippen LogP contribution in [0.2, 0.25) is 5.02 Å². The van der Waals surface area contributed by atoms with Crippen LogP contribution in [0, 0.1) is 0 Å². The Bertz CT molecular complexity index is 1340. The van der Waals surface area contributed by atoms with Crippen molar-refractivity contribution in [3.8, 4) is 23.0 Å². The van der Waals surface area contributed by atoms with Crippen LogP contribution in [0.4, 0.5) is 0 Å². The van der Waals surface area contributed by atoms with E-state index in [1.165, 1.54) is 14.2 Å². The molecule has 0 spiro atoms. The molecule has 0 saturated carbocycles. The predicted octanol–water partition coefficient (Wildman–Crippen LogP) is 5.31. The van der Waals surface area contributed by atoms with Gasteiger partial charge in [-0.1, -0.05) is 41.9 Å². The molecule has 8 nitrogen and oxygen atoms in total. The van der Waals surface area contributed by atoms with E-state index in [1.54, 1.807) is 24.3 Å². The van der Waals surface area contributed by atoms with E-state index in [0.29, 0.717) is 34.3 Å². The van der Waals surface area contributed by atoms with Gasteiger partial charge in [0.15, 0.2) is 23.0 Å². The van der Waals surface area contributed by atoms with Crippen molar-refractivity contribution in [2.24, 2.45) is 5.10 Å². The van der Waals surface area contributed by atoms with E-state index >= 15 is 0 Å². The fourth-order valence-electron chi connectivity index (χ4n) is 4.68. The summed E-state index contributed by atoms with van der Waals surface area (Å²) in [6.07, 6.45) is -0.311. The molecule has 0 unspecified atom stereocenters. The molecule has 1 N–H and O–H groups in total. The maximum atomic E-state index is 12.4. The number of para-hydroxylation sites is 1. The number of hydrogen-bond donors (Lipinski definition) is 1. The molecule has 0 fully saturated rings. The molecule has 0 amide bonds. The Morgan fingerprint density at radius 3 is 2.46 bits per heavy atom. The number of benzene rings is 3. The number of methoxy groups -OCH3 is 3. The Kier molecular flexibility index (Phi) is 5.90. The normalized spacial score (nSPS) is 18.2. The number of fused-ring (bicyclic) bond motifs is 3. The lowest BCUT2D eigenvalue weighted by atomic mass is 9.94. The Balaban J connectivity index is 1.72. The first-order chi connectivity index (χ1) is 17.0. The highest BCUT2D eigenvalue weighted by Gasteiger charge is 2.44. The molecule has 0 saturated heterocycles. The van der Waals surface area contributed by atoms with Crippen LogP contribution in [0.5, 0.6) is 23.0 Å². The number of carboxylic acid groups (broad SMARTS) is 1. The summed E-state index contributed by atoms with van der Waals surface area (Å²) in [5.41, 5.74) is 2.81. The zero-order valence-electron chi connectivity index (χ0n) is 19.3. The molecule has 2 aliphatic heterocycles. The summed E-state index contributed by atoms with van der Waals surface area (Å²) in [4.78, 5) is 12.4. The molecule has 3 aromatic carbocycles. The fraction of sp³-hybridized carbons (Fsp3) is 0.231. The summed E-state index contributed by atoms with van der Waals surface area (Å²) in [6, 6.07) is 16.3. The summed E-state index contributed by atoms with van der Waals surface area (Å²) < 4.78 is 22.8. The summed E-state index contributed by atoms with van der Waals surface area (Å²) >= 11 is 6.48. The highest BCUT2D eigenvalue weighted by molar-refractivity contribution is 6.34. The van der Waals surface area contributed by atoms with E-state index < -0.39 is 12.2 Å². The maximum absolute atomic E-state index is 12.4. The van der Waals surface area contributed by atoms with Crippen LogP contribution in [0.15, 0.2) is 59.7 Å². The van der Waals surface area contributed by atoms with Crippen molar-refractivity contribution in [1.29, 1.82) is 0 Å². The predicted molar refractivity (Wildman–Crippen MR) is 130 cm³/mol. The molecular weight excluding hydrogens is 472 g/mol. The number of hydrogen-bond acceptors (Lipinski definition) is 7. The van der Waals surface area contributed by atoms with Crippen LogP contribution in [0.3, 0.4) is 0 Å². The Morgan fingerprint density at radius 1 is 1.00 bits per heavy atom. The molecule has 0 aliphatic carbocycles. The highest BCUT2D eigenvalue weighted by atomic mass is 35.5. The van der Waals surface area contributed by atoms with Crippen molar-refractivity contribution in [2.75, 3.05) is 21.3 Å². The van der Waals surface area contributed by atoms with Gasteiger partial charge in [-0.15, -0.1) is 0 Å². The Labute approximate surface area is 207 Å². The molecule has 2 atom stereocenters. The number of halogens is 1. The van der Waals surface area contributed by atoms with Gasteiger partial charge in [0.25, 0.3) is 0 Å². The fourth-order valence-corrected chi connectivity index (χ4v) is 4.92. The third kappa shape index (κ3) is 3.70. The lowest BCUT2D eigenvalue weighted by Crippen LogP contribution is -2.35. The molecule has 2 heterocycles. The van der Waals surface area contributed by atoms with E-state index in [-0.39, 0.29) is 17.4 Å². The largest absolute Gasteiger partial charge is 0.493 e. The second-order valence-corrected chi connectivity index (χ2v) is 8.45. The molecule has 180 valence electrons. The van der Waals surface area contributed by atoms with Crippen LogP contribution < -0.4 is 18.9 Å². The van der Waals surface area contributed by atoms with Crippen LogP contribution in [-0.4, -0.2) is 43.1 Å². The zero-order valence-corrected chi connectivity index (χ0v) is 20.1. The Morgan fingerprint density at radius 2 is 1.77 bits per heavy atom. The van der Waals surface area contributed by atoms with E-state index in [0.717, 1.165) is 16.8 Å². The average molecular weight is 495 g/mol. The van der Waals surface area contributed by atoms with E-state index in [2.05, 4.69) is 0 Å². The number of aromatic carboxylic acids is 1. The smallest absolute Gasteiger partial charge is 0.340 e. The summed E-state index contributed by atoms with van der Waals surface area (Å²) in [6.45, 7) is 0. The molecule has 2 aliphatic rings. The van der Waals surface area contributed by atoms with Crippen LogP contribution in [0.25, 0.3) is 0 Å². The van der Waals surface area contributed by atoms with E-state index in [1.807, 2.05) is 42.5 Å². The summed E-state index contributed by atoms with van der Waals surface area (Å²) in [5, 5.41) is 17.4. The number of nitrogens with zero attached hydrogens (tertiary/aromatic N) is 2. The summed E-state index contributed by atoms with van der Waals surface area (Å²) in [7, 11) is 4.43. The minimum absolute atomic E-state index is 0.0599. The van der Waals surface area contributed by atoms with Gasteiger partial charge in [0.2, 0.25) is 6.23 Å². The van der Waals surface area contributed by atoms with Crippen LogP contribution in [-0.2, 0) is 0 Å². The zero-order chi connectivity index (χ0) is 24.7. The van der Waals surface area contributed by atoms with Crippen molar-refractivity contribution >= 4 is 23.3 Å². The van der Waals surface area contributed by atoms with Gasteiger partial charge < -0.3 is 24.1 Å². The minimum Gasteiger partial charge on any atom is -0.493 e. The Hall–Kier alpha value is -3.91. The molecule has 5 rings (SSSR count). The van der Waals surface area contributed by atoms with Crippen molar-refractivity contribution in [1.82, 2.24) is 5.01 Å². The van der Waals surface area contributed by atoms with Crippen LogP contribution in [0.1, 0.15) is 45.7 Å². The topological polar surface area (TPSA) is 89.8 Å². The van der Waals surface area contributed by atoms with Gasteiger partial charge in [-0.3, -0.25) is 0 Å². The van der Waals surface area contributed by atoms with E-state index in [4.69, 9.17) is 35.6 Å². The monoisotopic (exact) mass is 494 g/mol. The maximum Gasteiger partial charge on any atom is 0.340 e. The molecule has 0 aromatic heterocycles. The quantitative estimate of drug-likeness (QED) is 0.497. The molecule has 0 bridgehead atoms. The molecular formula is C26H23ClN2O6. The standard InChI is InChI=1S/C26H23ClN2O6/c1-32-20-10-6-8-15-19-13-18(14-7-4-5-9-17(14)27)28-29(19)25(35-23(15)20)16-11-12-21(33-2)24(34-3)22(16)26(30)31/h4-12,19,25H,13H2,1-3H3,(H,30,31)/t19-,25+/m0/s1. The van der Waals surface area contributed by atoms with Crippen molar-refractivity contribution in [3.05, 3.63) is 81.9 Å². The molecule has 35 heavy (non-hydrogen) atoms. The van der Waals surface area contributed by atoms with E-state index in [9.17, 15) is 9.90 Å². The number of hydrazone groups is 1. The van der Waals surface area contributed by atoms with Crippen molar-refractivity contribution in [3.63, 3.8) is 0 Å². The first kappa shape index (κ1) is 22.9. The van der Waals surface area contributed by atoms with Gasteiger partial charge in [0, 0.05) is 28.1 Å². The molecule has 9 heteroatoms. The van der Waals surface area contributed by atoms with Crippen molar-refractivity contribution < 1.29 is 28.8 Å².